The van der Waals surface area contributed by atoms with Crippen molar-refractivity contribution in [3.05, 3.63) is 28.3 Å². The molecule has 2 aliphatic carbocycles. The second-order valence-corrected chi connectivity index (χ2v) is 8.31. The van der Waals surface area contributed by atoms with E-state index in [1.165, 1.54) is 12.8 Å². The Morgan fingerprint density at radius 1 is 1.24 bits per heavy atom. The van der Waals surface area contributed by atoms with Crippen molar-refractivity contribution in [3.63, 3.8) is 0 Å². The normalized spacial score (nSPS) is 19.0. The van der Waals surface area contributed by atoms with E-state index in [1.54, 1.807) is 6.07 Å². The monoisotopic (exact) mass is 328 g/mol. The number of benzene rings is 1. The molecule has 4 nitrogen and oxygen atoms in total. The lowest BCUT2D eigenvalue weighted by Gasteiger charge is -2.14. The van der Waals surface area contributed by atoms with Crippen LogP contribution in [0.5, 0.6) is 0 Å². The average Bonchev–Trinajstić information content (AvgIpc) is 3.30. The standard InChI is InChI=1S/C15H21ClN2O2S/c1-10-12(9-17-14-4-5-14)6-13(16)7-15(10)21(19,20)18-8-11-2-3-11/h6-7,11,14,17-18H,2-5,8-9H2,1H3. The number of nitrogens with one attached hydrogen (secondary N) is 2. The Morgan fingerprint density at radius 3 is 2.57 bits per heavy atom. The first-order valence-electron chi connectivity index (χ1n) is 7.48. The number of hydrogen-bond donors (Lipinski definition) is 2. The summed E-state index contributed by atoms with van der Waals surface area (Å²) in [6.07, 6.45) is 4.64. The van der Waals surface area contributed by atoms with E-state index in [-0.39, 0.29) is 0 Å². The van der Waals surface area contributed by atoms with Gasteiger partial charge in [0.2, 0.25) is 10.0 Å². The summed E-state index contributed by atoms with van der Waals surface area (Å²) in [5, 5.41) is 3.88. The van der Waals surface area contributed by atoms with Gasteiger partial charge in [-0.1, -0.05) is 11.6 Å². The fourth-order valence-electron chi connectivity index (χ4n) is 2.34. The number of rotatable bonds is 7. The van der Waals surface area contributed by atoms with Crippen LogP contribution < -0.4 is 10.0 Å². The van der Waals surface area contributed by atoms with Gasteiger partial charge < -0.3 is 5.32 Å². The molecule has 0 bridgehead atoms. The third kappa shape index (κ3) is 3.97. The summed E-state index contributed by atoms with van der Waals surface area (Å²) in [7, 11) is -3.48. The van der Waals surface area contributed by atoms with Crippen LogP contribution >= 0.6 is 11.6 Å². The van der Waals surface area contributed by atoms with Crippen molar-refractivity contribution in [2.75, 3.05) is 6.54 Å². The number of hydrogen-bond acceptors (Lipinski definition) is 3. The maximum absolute atomic E-state index is 12.4. The molecule has 2 saturated carbocycles. The van der Waals surface area contributed by atoms with E-state index >= 15 is 0 Å². The molecule has 0 aliphatic heterocycles. The van der Waals surface area contributed by atoms with Gasteiger partial charge in [-0.15, -0.1) is 0 Å². The van der Waals surface area contributed by atoms with Crippen LogP contribution in [-0.2, 0) is 16.6 Å². The predicted molar refractivity (Wildman–Crippen MR) is 84.0 cm³/mol. The summed E-state index contributed by atoms with van der Waals surface area (Å²) in [5.41, 5.74) is 1.75. The molecule has 0 unspecified atom stereocenters. The van der Waals surface area contributed by atoms with Crippen molar-refractivity contribution >= 4 is 21.6 Å². The summed E-state index contributed by atoms with van der Waals surface area (Å²) >= 11 is 6.11. The maximum Gasteiger partial charge on any atom is 0.240 e. The number of halogens is 1. The van der Waals surface area contributed by atoms with E-state index in [4.69, 9.17) is 11.6 Å². The van der Waals surface area contributed by atoms with Crippen LogP contribution in [0.25, 0.3) is 0 Å². The van der Waals surface area contributed by atoms with Crippen LogP contribution in [0.4, 0.5) is 0 Å². The van der Waals surface area contributed by atoms with E-state index in [9.17, 15) is 8.42 Å². The molecule has 0 radical (unpaired) electrons. The molecule has 116 valence electrons. The molecule has 6 heteroatoms. The Kier molecular flexibility index (Phi) is 4.28. The van der Waals surface area contributed by atoms with Crippen molar-refractivity contribution < 1.29 is 8.42 Å². The molecule has 3 rings (SSSR count). The largest absolute Gasteiger partial charge is 0.310 e. The topological polar surface area (TPSA) is 58.2 Å². The van der Waals surface area contributed by atoms with Gasteiger partial charge in [0, 0.05) is 24.2 Å². The van der Waals surface area contributed by atoms with E-state index in [0.29, 0.717) is 35.0 Å². The number of sulfonamides is 1. The summed E-state index contributed by atoms with van der Waals surface area (Å²) in [4.78, 5) is 0.309. The minimum Gasteiger partial charge on any atom is -0.310 e. The SMILES string of the molecule is Cc1c(CNC2CC2)cc(Cl)cc1S(=O)(=O)NCC1CC1. The molecule has 1 aromatic rings. The van der Waals surface area contributed by atoms with Gasteiger partial charge in [-0.05, 0) is 61.8 Å². The third-order valence-corrected chi connectivity index (χ3v) is 5.91. The highest BCUT2D eigenvalue weighted by Gasteiger charge is 2.26. The van der Waals surface area contributed by atoms with Gasteiger partial charge in [0.05, 0.1) is 4.90 Å². The highest BCUT2D eigenvalue weighted by Crippen LogP contribution is 2.29. The summed E-state index contributed by atoms with van der Waals surface area (Å²) in [5.74, 6) is 0.510. The summed E-state index contributed by atoms with van der Waals surface area (Å²) < 4.78 is 27.6. The van der Waals surface area contributed by atoms with E-state index in [0.717, 1.165) is 24.0 Å². The van der Waals surface area contributed by atoms with Crippen LogP contribution in [0, 0.1) is 12.8 Å². The minimum absolute atomic E-state index is 0.309. The van der Waals surface area contributed by atoms with Crippen LogP contribution in [0.15, 0.2) is 17.0 Å². The van der Waals surface area contributed by atoms with Crippen LogP contribution in [0.2, 0.25) is 5.02 Å². The molecule has 0 saturated heterocycles. The van der Waals surface area contributed by atoms with E-state index in [2.05, 4.69) is 10.0 Å². The second-order valence-electron chi connectivity index (χ2n) is 6.14. The first kappa shape index (κ1) is 15.3. The third-order valence-electron chi connectivity index (χ3n) is 4.14. The molecule has 0 aromatic heterocycles. The molecule has 21 heavy (non-hydrogen) atoms. The lowest BCUT2D eigenvalue weighted by atomic mass is 10.1. The zero-order valence-corrected chi connectivity index (χ0v) is 13.7. The Morgan fingerprint density at radius 2 is 1.95 bits per heavy atom. The molecular formula is C15H21ClN2O2S. The Balaban J connectivity index is 1.81. The second kappa shape index (κ2) is 5.88. The molecule has 0 atom stereocenters. The summed E-state index contributed by atoms with van der Waals surface area (Å²) in [6.45, 7) is 3.05. The molecule has 2 N–H and O–H groups in total. The Bertz CT molecular complexity index is 637. The molecular weight excluding hydrogens is 308 g/mol. The fraction of sp³-hybridized carbons (Fsp3) is 0.600. The van der Waals surface area contributed by atoms with Gasteiger partial charge in [-0.2, -0.15) is 0 Å². The van der Waals surface area contributed by atoms with Crippen molar-refractivity contribution in [3.8, 4) is 0 Å². The highest BCUT2D eigenvalue weighted by atomic mass is 35.5. The Hall–Kier alpha value is -0.620. The van der Waals surface area contributed by atoms with Crippen LogP contribution in [0.3, 0.4) is 0 Å². The molecule has 2 fully saturated rings. The highest BCUT2D eigenvalue weighted by molar-refractivity contribution is 7.89. The molecule has 2 aliphatic rings. The van der Waals surface area contributed by atoms with Crippen LogP contribution in [0.1, 0.15) is 36.8 Å². The lowest BCUT2D eigenvalue weighted by molar-refractivity contribution is 0.576. The zero-order valence-electron chi connectivity index (χ0n) is 12.2. The van der Waals surface area contributed by atoms with Gasteiger partial charge in [0.15, 0.2) is 0 Å². The van der Waals surface area contributed by atoms with Crippen molar-refractivity contribution in [1.82, 2.24) is 10.0 Å². The van der Waals surface area contributed by atoms with Gasteiger partial charge in [-0.3, -0.25) is 0 Å². The lowest BCUT2D eigenvalue weighted by Crippen LogP contribution is -2.27. The van der Waals surface area contributed by atoms with Crippen LogP contribution in [-0.4, -0.2) is 21.0 Å². The first-order chi connectivity index (χ1) is 9.95. The predicted octanol–water partition coefficient (Wildman–Crippen LogP) is 2.59. The van der Waals surface area contributed by atoms with E-state index in [1.807, 2.05) is 13.0 Å². The van der Waals surface area contributed by atoms with Gasteiger partial charge in [0.1, 0.15) is 0 Å². The quantitative estimate of drug-likeness (QED) is 0.809. The van der Waals surface area contributed by atoms with E-state index < -0.39 is 10.0 Å². The smallest absolute Gasteiger partial charge is 0.240 e. The zero-order chi connectivity index (χ0) is 15.0. The first-order valence-corrected chi connectivity index (χ1v) is 9.34. The summed E-state index contributed by atoms with van der Waals surface area (Å²) in [6, 6.07) is 3.98. The molecule has 0 heterocycles. The van der Waals surface area contributed by atoms with Crippen molar-refractivity contribution in [2.24, 2.45) is 5.92 Å². The fourth-order valence-corrected chi connectivity index (χ4v) is 4.07. The van der Waals surface area contributed by atoms with Gasteiger partial charge in [-0.25, -0.2) is 13.1 Å². The molecule has 1 aromatic carbocycles. The van der Waals surface area contributed by atoms with Crippen molar-refractivity contribution in [2.45, 2.75) is 50.1 Å². The maximum atomic E-state index is 12.4. The average molecular weight is 329 g/mol. The minimum atomic E-state index is -3.48. The molecule has 0 spiro atoms. The van der Waals surface area contributed by atoms with Crippen molar-refractivity contribution in [1.29, 1.82) is 0 Å². The van der Waals surface area contributed by atoms with Gasteiger partial charge >= 0.3 is 0 Å². The molecule has 0 amide bonds. The Labute approximate surface area is 131 Å². The van der Waals surface area contributed by atoms with Gasteiger partial charge in [0.25, 0.3) is 0 Å².